The van der Waals surface area contributed by atoms with Gasteiger partial charge in [-0.3, -0.25) is 4.98 Å². The predicted molar refractivity (Wildman–Crippen MR) is 41.7 cm³/mol. The van der Waals surface area contributed by atoms with Crippen LogP contribution in [0.25, 0.3) is 0 Å². The Hall–Kier alpha value is -0.960. The van der Waals surface area contributed by atoms with Gasteiger partial charge in [-0.25, -0.2) is 4.39 Å². The molecule has 0 aromatic carbocycles. The summed E-state index contributed by atoms with van der Waals surface area (Å²) in [6.45, 7) is 2.39. The molecule has 0 amide bonds. The van der Waals surface area contributed by atoms with E-state index in [9.17, 15) is 4.39 Å². The molecular formula is C8H11FN2. The Balaban J connectivity index is 2.93. The number of pyridine rings is 1. The Bertz CT molecular complexity index is 248. The third kappa shape index (κ3) is 1.98. The Morgan fingerprint density at radius 2 is 2.36 bits per heavy atom. The second kappa shape index (κ2) is 3.44. The number of hydrogen-bond acceptors (Lipinski definition) is 2. The van der Waals surface area contributed by atoms with Crippen molar-refractivity contribution in [3.63, 3.8) is 0 Å². The van der Waals surface area contributed by atoms with E-state index in [1.54, 1.807) is 0 Å². The van der Waals surface area contributed by atoms with Gasteiger partial charge in [-0.15, -0.1) is 0 Å². The van der Waals surface area contributed by atoms with Crippen LogP contribution in [0, 0.1) is 12.7 Å². The van der Waals surface area contributed by atoms with Crippen LogP contribution < -0.4 is 5.73 Å². The van der Waals surface area contributed by atoms with E-state index in [-0.39, 0.29) is 5.82 Å². The largest absolute Gasteiger partial charge is 0.330 e. The van der Waals surface area contributed by atoms with E-state index in [2.05, 4.69) is 4.98 Å². The smallest absolute Gasteiger partial charge is 0.141 e. The lowest BCUT2D eigenvalue weighted by atomic mass is 10.1. The van der Waals surface area contributed by atoms with Crippen molar-refractivity contribution in [1.82, 2.24) is 4.98 Å². The maximum absolute atomic E-state index is 12.6. The highest BCUT2D eigenvalue weighted by Crippen LogP contribution is 2.06. The molecule has 1 aromatic rings. The zero-order chi connectivity index (χ0) is 8.27. The fourth-order valence-electron chi connectivity index (χ4n) is 0.958. The van der Waals surface area contributed by atoms with E-state index < -0.39 is 0 Å². The molecule has 0 aliphatic carbocycles. The number of nitrogens with two attached hydrogens (primary N) is 1. The highest BCUT2D eigenvalue weighted by atomic mass is 19.1. The predicted octanol–water partition coefficient (Wildman–Crippen LogP) is 1.03. The summed E-state index contributed by atoms with van der Waals surface area (Å²) in [5, 5.41) is 0. The minimum atomic E-state index is -0.293. The van der Waals surface area contributed by atoms with Gasteiger partial charge in [0.2, 0.25) is 0 Å². The zero-order valence-corrected chi connectivity index (χ0v) is 6.47. The fourth-order valence-corrected chi connectivity index (χ4v) is 0.958. The molecule has 1 rings (SSSR count). The van der Waals surface area contributed by atoms with Crippen LogP contribution in [-0.2, 0) is 6.42 Å². The normalized spacial score (nSPS) is 10.1. The number of hydrogen-bond donors (Lipinski definition) is 1. The summed E-state index contributed by atoms with van der Waals surface area (Å²) in [6, 6.07) is 1.48. The van der Waals surface area contributed by atoms with E-state index in [1.807, 2.05) is 6.92 Å². The van der Waals surface area contributed by atoms with Gasteiger partial charge in [0.25, 0.3) is 0 Å². The Morgan fingerprint density at radius 3 is 3.00 bits per heavy atom. The first-order valence-electron chi connectivity index (χ1n) is 3.55. The average molecular weight is 154 g/mol. The van der Waals surface area contributed by atoms with Gasteiger partial charge < -0.3 is 5.73 Å². The molecule has 11 heavy (non-hydrogen) atoms. The van der Waals surface area contributed by atoms with Crippen LogP contribution in [0.15, 0.2) is 12.3 Å². The van der Waals surface area contributed by atoms with Crippen LogP contribution in [0.3, 0.4) is 0 Å². The molecule has 0 radical (unpaired) electrons. The molecule has 0 spiro atoms. The van der Waals surface area contributed by atoms with Crippen LogP contribution in [0.2, 0.25) is 0 Å². The van der Waals surface area contributed by atoms with Gasteiger partial charge in [-0.2, -0.15) is 0 Å². The summed E-state index contributed by atoms with van der Waals surface area (Å²) in [7, 11) is 0. The van der Waals surface area contributed by atoms with Crippen LogP contribution in [-0.4, -0.2) is 11.5 Å². The topological polar surface area (TPSA) is 38.9 Å². The molecule has 2 nitrogen and oxygen atoms in total. The maximum atomic E-state index is 12.6. The minimum absolute atomic E-state index is 0.293. The number of aryl methyl sites for hydroxylation is 1. The quantitative estimate of drug-likeness (QED) is 0.691. The van der Waals surface area contributed by atoms with E-state index in [0.717, 1.165) is 11.3 Å². The number of nitrogens with zero attached hydrogens (tertiary/aromatic N) is 1. The van der Waals surface area contributed by atoms with Crippen molar-refractivity contribution in [3.8, 4) is 0 Å². The lowest BCUT2D eigenvalue weighted by Gasteiger charge is -2.01. The lowest BCUT2D eigenvalue weighted by molar-refractivity contribution is 0.616. The van der Waals surface area contributed by atoms with Gasteiger partial charge in [0.05, 0.1) is 6.20 Å². The van der Waals surface area contributed by atoms with Crippen molar-refractivity contribution in [2.24, 2.45) is 5.73 Å². The van der Waals surface area contributed by atoms with Crippen molar-refractivity contribution < 1.29 is 4.39 Å². The first-order chi connectivity index (χ1) is 5.24. The lowest BCUT2D eigenvalue weighted by Crippen LogP contribution is -2.05. The Morgan fingerprint density at radius 1 is 1.64 bits per heavy atom. The summed E-state index contributed by atoms with van der Waals surface area (Å²) in [5.74, 6) is -0.293. The van der Waals surface area contributed by atoms with Crippen LogP contribution in [0.5, 0.6) is 0 Å². The van der Waals surface area contributed by atoms with Gasteiger partial charge in [0, 0.05) is 5.69 Å². The summed E-state index contributed by atoms with van der Waals surface area (Å²) in [6.07, 6.45) is 1.91. The van der Waals surface area contributed by atoms with Crippen molar-refractivity contribution >= 4 is 0 Å². The summed E-state index contributed by atoms with van der Waals surface area (Å²) >= 11 is 0. The second-order valence-corrected chi connectivity index (χ2v) is 2.44. The van der Waals surface area contributed by atoms with Gasteiger partial charge >= 0.3 is 0 Å². The average Bonchev–Trinajstić information content (AvgIpc) is 1.98. The van der Waals surface area contributed by atoms with Gasteiger partial charge in [0.1, 0.15) is 5.82 Å². The van der Waals surface area contributed by atoms with Crippen LogP contribution in [0.1, 0.15) is 11.3 Å². The molecule has 0 aliphatic rings. The van der Waals surface area contributed by atoms with Crippen LogP contribution in [0.4, 0.5) is 4.39 Å². The van der Waals surface area contributed by atoms with E-state index in [0.29, 0.717) is 13.0 Å². The number of aromatic nitrogens is 1. The third-order valence-electron chi connectivity index (χ3n) is 1.57. The molecule has 0 bridgehead atoms. The molecule has 0 unspecified atom stereocenters. The van der Waals surface area contributed by atoms with E-state index in [4.69, 9.17) is 5.73 Å². The van der Waals surface area contributed by atoms with Gasteiger partial charge in [-0.05, 0) is 31.5 Å². The van der Waals surface area contributed by atoms with Gasteiger partial charge in [-0.1, -0.05) is 0 Å². The van der Waals surface area contributed by atoms with E-state index >= 15 is 0 Å². The van der Waals surface area contributed by atoms with Gasteiger partial charge in [0.15, 0.2) is 0 Å². The molecule has 0 aliphatic heterocycles. The van der Waals surface area contributed by atoms with Crippen LogP contribution >= 0.6 is 0 Å². The Kier molecular flexibility index (Phi) is 2.54. The second-order valence-electron chi connectivity index (χ2n) is 2.44. The highest BCUT2D eigenvalue weighted by molar-refractivity contribution is 5.19. The molecule has 1 heterocycles. The monoisotopic (exact) mass is 154 g/mol. The third-order valence-corrected chi connectivity index (χ3v) is 1.57. The fraction of sp³-hybridized carbons (Fsp3) is 0.375. The van der Waals surface area contributed by atoms with Crippen molar-refractivity contribution in [2.45, 2.75) is 13.3 Å². The molecule has 60 valence electrons. The number of halogens is 1. The minimum Gasteiger partial charge on any atom is -0.330 e. The Labute approximate surface area is 65.3 Å². The molecule has 3 heteroatoms. The maximum Gasteiger partial charge on any atom is 0.141 e. The standard InChI is InChI=1S/C8H11FN2/c1-6-7(2-3-10)4-8(9)5-11-6/h4-5H,2-3,10H2,1H3. The summed E-state index contributed by atoms with van der Waals surface area (Å²) in [5.41, 5.74) is 7.08. The SMILES string of the molecule is Cc1ncc(F)cc1CCN. The molecule has 1 aromatic heterocycles. The first kappa shape index (κ1) is 8.14. The molecule has 0 atom stereocenters. The number of rotatable bonds is 2. The summed E-state index contributed by atoms with van der Waals surface area (Å²) in [4.78, 5) is 3.87. The van der Waals surface area contributed by atoms with Crippen molar-refractivity contribution in [3.05, 3.63) is 29.3 Å². The molecule has 0 fully saturated rings. The molecular weight excluding hydrogens is 143 g/mol. The molecule has 0 saturated heterocycles. The highest BCUT2D eigenvalue weighted by Gasteiger charge is 1.99. The van der Waals surface area contributed by atoms with Crippen molar-refractivity contribution in [1.29, 1.82) is 0 Å². The first-order valence-corrected chi connectivity index (χ1v) is 3.55. The van der Waals surface area contributed by atoms with Crippen molar-refractivity contribution in [2.75, 3.05) is 6.54 Å². The zero-order valence-electron chi connectivity index (χ0n) is 6.47. The summed E-state index contributed by atoms with van der Waals surface area (Å²) < 4.78 is 12.6. The molecule has 0 saturated carbocycles. The molecule has 2 N–H and O–H groups in total. The van der Waals surface area contributed by atoms with E-state index in [1.165, 1.54) is 12.3 Å².